The van der Waals surface area contributed by atoms with Crippen molar-refractivity contribution in [1.82, 2.24) is 5.32 Å². The van der Waals surface area contributed by atoms with Crippen molar-refractivity contribution in [2.24, 2.45) is 5.92 Å². The van der Waals surface area contributed by atoms with E-state index in [1.54, 1.807) is 0 Å². The SMILES string of the molecule is CCNC(Cc1ccccc1C)CC(C)CC. The van der Waals surface area contributed by atoms with Crippen LogP contribution in [0.4, 0.5) is 0 Å². The molecule has 0 saturated carbocycles. The van der Waals surface area contributed by atoms with E-state index in [-0.39, 0.29) is 0 Å². The van der Waals surface area contributed by atoms with E-state index in [1.165, 1.54) is 24.0 Å². The summed E-state index contributed by atoms with van der Waals surface area (Å²) in [4.78, 5) is 0. The number of likely N-dealkylation sites (N-methyl/N-ethyl adjacent to an activating group) is 1. The number of benzene rings is 1. The van der Waals surface area contributed by atoms with Crippen LogP contribution in [0.5, 0.6) is 0 Å². The maximum absolute atomic E-state index is 3.62. The molecule has 2 atom stereocenters. The third kappa shape index (κ3) is 4.91. The van der Waals surface area contributed by atoms with Crippen LogP contribution in [0.1, 0.15) is 44.7 Å². The van der Waals surface area contributed by atoms with Gasteiger partial charge in [0.2, 0.25) is 0 Å². The molecule has 1 aromatic carbocycles. The lowest BCUT2D eigenvalue weighted by Gasteiger charge is -2.22. The average Bonchev–Trinajstić information content (AvgIpc) is 2.32. The minimum Gasteiger partial charge on any atom is -0.314 e. The van der Waals surface area contributed by atoms with E-state index in [2.05, 4.69) is 57.3 Å². The van der Waals surface area contributed by atoms with Crippen LogP contribution in [-0.2, 0) is 6.42 Å². The van der Waals surface area contributed by atoms with Crippen LogP contribution in [0.15, 0.2) is 24.3 Å². The monoisotopic (exact) mass is 233 g/mol. The van der Waals surface area contributed by atoms with Gasteiger partial charge in [-0.25, -0.2) is 0 Å². The van der Waals surface area contributed by atoms with Crippen LogP contribution in [-0.4, -0.2) is 12.6 Å². The molecule has 0 saturated heterocycles. The Kier molecular flexibility index (Phi) is 6.28. The molecule has 1 rings (SSSR count). The summed E-state index contributed by atoms with van der Waals surface area (Å²) < 4.78 is 0. The lowest BCUT2D eigenvalue weighted by atomic mass is 9.93. The van der Waals surface area contributed by atoms with Gasteiger partial charge >= 0.3 is 0 Å². The molecule has 0 amide bonds. The summed E-state index contributed by atoms with van der Waals surface area (Å²) in [6.45, 7) is 10.1. The highest BCUT2D eigenvalue weighted by atomic mass is 14.9. The molecule has 0 aliphatic heterocycles. The van der Waals surface area contributed by atoms with Crippen molar-refractivity contribution in [3.05, 3.63) is 35.4 Å². The number of hydrogen-bond donors (Lipinski definition) is 1. The van der Waals surface area contributed by atoms with Gasteiger partial charge in [0.1, 0.15) is 0 Å². The van der Waals surface area contributed by atoms with Crippen LogP contribution in [0.25, 0.3) is 0 Å². The summed E-state index contributed by atoms with van der Waals surface area (Å²) in [7, 11) is 0. The van der Waals surface area contributed by atoms with E-state index in [0.29, 0.717) is 6.04 Å². The van der Waals surface area contributed by atoms with Crippen LogP contribution < -0.4 is 5.32 Å². The molecule has 2 unspecified atom stereocenters. The molecule has 0 aliphatic rings. The molecule has 0 aliphatic carbocycles. The van der Waals surface area contributed by atoms with Crippen LogP contribution in [0, 0.1) is 12.8 Å². The molecular weight excluding hydrogens is 206 g/mol. The highest BCUT2D eigenvalue weighted by molar-refractivity contribution is 5.26. The van der Waals surface area contributed by atoms with Gasteiger partial charge < -0.3 is 5.32 Å². The fraction of sp³-hybridized carbons (Fsp3) is 0.625. The summed E-state index contributed by atoms with van der Waals surface area (Å²) in [6, 6.07) is 9.36. The van der Waals surface area contributed by atoms with Crippen molar-refractivity contribution >= 4 is 0 Å². The first-order chi connectivity index (χ1) is 8.17. The third-order valence-corrected chi connectivity index (χ3v) is 3.60. The zero-order valence-electron chi connectivity index (χ0n) is 11.8. The van der Waals surface area contributed by atoms with Crippen molar-refractivity contribution < 1.29 is 0 Å². The molecule has 96 valence electrons. The largest absolute Gasteiger partial charge is 0.314 e. The Morgan fingerprint density at radius 2 is 1.88 bits per heavy atom. The Labute approximate surface area is 107 Å². The summed E-state index contributed by atoms with van der Waals surface area (Å²) in [6.07, 6.45) is 3.71. The van der Waals surface area contributed by atoms with E-state index in [4.69, 9.17) is 0 Å². The van der Waals surface area contributed by atoms with Gasteiger partial charge in [-0.05, 0) is 43.4 Å². The first kappa shape index (κ1) is 14.2. The Bertz CT molecular complexity index is 319. The molecule has 1 heteroatoms. The minimum atomic E-state index is 0.621. The van der Waals surface area contributed by atoms with E-state index < -0.39 is 0 Å². The highest BCUT2D eigenvalue weighted by Crippen LogP contribution is 2.16. The molecule has 17 heavy (non-hydrogen) atoms. The predicted molar refractivity (Wildman–Crippen MR) is 76.4 cm³/mol. The minimum absolute atomic E-state index is 0.621. The maximum atomic E-state index is 3.62. The number of aryl methyl sites for hydroxylation is 1. The standard InChI is InChI=1S/C16H27N/c1-5-13(3)11-16(17-6-2)12-15-10-8-7-9-14(15)4/h7-10,13,16-17H,5-6,11-12H2,1-4H3. The topological polar surface area (TPSA) is 12.0 Å². The Balaban J connectivity index is 2.63. The van der Waals surface area contributed by atoms with Crippen molar-refractivity contribution in [1.29, 1.82) is 0 Å². The summed E-state index contributed by atoms with van der Waals surface area (Å²) in [5.74, 6) is 0.808. The number of hydrogen-bond acceptors (Lipinski definition) is 1. The molecule has 0 fully saturated rings. The molecule has 1 aromatic rings. The number of nitrogens with one attached hydrogen (secondary N) is 1. The molecule has 0 aromatic heterocycles. The van der Waals surface area contributed by atoms with Crippen LogP contribution in [0.2, 0.25) is 0 Å². The van der Waals surface area contributed by atoms with Gasteiger partial charge in [-0.1, -0.05) is 51.5 Å². The average molecular weight is 233 g/mol. The second-order valence-corrected chi connectivity index (χ2v) is 5.13. The van der Waals surface area contributed by atoms with Crippen molar-refractivity contribution in [2.45, 2.75) is 53.0 Å². The van der Waals surface area contributed by atoms with E-state index in [0.717, 1.165) is 18.9 Å². The fourth-order valence-electron chi connectivity index (χ4n) is 2.28. The molecule has 0 spiro atoms. The summed E-state index contributed by atoms with van der Waals surface area (Å²) >= 11 is 0. The van der Waals surface area contributed by atoms with E-state index in [9.17, 15) is 0 Å². The lowest BCUT2D eigenvalue weighted by molar-refractivity contribution is 0.397. The van der Waals surface area contributed by atoms with Gasteiger partial charge in [-0.2, -0.15) is 0 Å². The Hall–Kier alpha value is -0.820. The summed E-state index contributed by atoms with van der Waals surface area (Å²) in [5, 5.41) is 3.62. The van der Waals surface area contributed by atoms with Crippen molar-refractivity contribution in [3.8, 4) is 0 Å². The lowest BCUT2D eigenvalue weighted by Crippen LogP contribution is -2.32. The van der Waals surface area contributed by atoms with Crippen molar-refractivity contribution in [2.75, 3.05) is 6.54 Å². The van der Waals surface area contributed by atoms with Gasteiger partial charge in [0, 0.05) is 6.04 Å². The van der Waals surface area contributed by atoms with Gasteiger partial charge in [-0.3, -0.25) is 0 Å². The molecule has 1 N–H and O–H groups in total. The Morgan fingerprint density at radius 1 is 1.18 bits per heavy atom. The predicted octanol–water partition coefficient (Wildman–Crippen LogP) is 3.95. The van der Waals surface area contributed by atoms with E-state index >= 15 is 0 Å². The maximum Gasteiger partial charge on any atom is 0.0110 e. The first-order valence-corrected chi connectivity index (χ1v) is 6.95. The van der Waals surface area contributed by atoms with Crippen molar-refractivity contribution in [3.63, 3.8) is 0 Å². The molecule has 1 nitrogen and oxygen atoms in total. The second kappa shape index (κ2) is 7.50. The zero-order valence-corrected chi connectivity index (χ0v) is 11.8. The zero-order chi connectivity index (χ0) is 12.7. The molecule has 0 radical (unpaired) electrons. The normalized spacial score (nSPS) is 14.6. The fourth-order valence-corrected chi connectivity index (χ4v) is 2.28. The van der Waals surface area contributed by atoms with Crippen LogP contribution >= 0.6 is 0 Å². The van der Waals surface area contributed by atoms with Gasteiger partial charge in [0.25, 0.3) is 0 Å². The Morgan fingerprint density at radius 3 is 2.47 bits per heavy atom. The first-order valence-electron chi connectivity index (χ1n) is 6.95. The summed E-state index contributed by atoms with van der Waals surface area (Å²) in [5.41, 5.74) is 2.90. The highest BCUT2D eigenvalue weighted by Gasteiger charge is 2.12. The molecule has 0 bridgehead atoms. The van der Waals surface area contributed by atoms with Crippen LogP contribution in [0.3, 0.4) is 0 Å². The quantitative estimate of drug-likeness (QED) is 0.752. The smallest absolute Gasteiger partial charge is 0.0110 e. The van der Waals surface area contributed by atoms with Gasteiger partial charge in [0.05, 0.1) is 0 Å². The van der Waals surface area contributed by atoms with Gasteiger partial charge in [-0.15, -0.1) is 0 Å². The second-order valence-electron chi connectivity index (χ2n) is 5.13. The molecule has 0 heterocycles. The number of rotatable bonds is 7. The molecular formula is C16H27N. The van der Waals surface area contributed by atoms with E-state index in [1.807, 2.05) is 0 Å². The third-order valence-electron chi connectivity index (χ3n) is 3.60. The van der Waals surface area contributed by atoms with Gasteiger partial charge in [0.15, 0.2) is 0 Å².